The number of carbonyl (C=O) groups is 1. The van der Waals surface area contributed by atoms with Crippen molar-refractivity contribution >= 4 is 33.0 Å². The molecule has 156 valence electrons. The molecule has 1 amide bonds. The number of nitro groups is 1. The molecule has 2 rings (SSSR count). The van der Waals surface area contributed by atoms with Crippen molar-refractivity contribution in [3.63, 3.8) is 0 Å². The molecule has 9 nitrogen and oxygen atoms in total. The zero-order chi connectivity index (χ0) is 21.6. The Hall–Kier alpha value is -2.98. The zero-order valence-corrected chi connectivity index (χ0v) is 17.3. The zero-order valence-electron chi connectivity index (χ0n) is 16.5. The molecule has 2 aromatic rings. The second-order valence-corrected chi connectivity index (χ2v) is 8.21. The molecule has 0 saturated carbocycles. The highest BCUT2D eigenvalue weighted by Crippen LogP contribution is 2.22. The summed E-state index contributed by atoms with van der Waals surface area (Å²) in [6.45, 7) is 5.98. The summed E-state index contributed by atoms with van der Waals surface area (Å²) in [5, 5.41) is 16.4. The number of nitrogens with one attached hydrogen (secondary N) is 2. The van der Waals surface area contributed by atoms with Gasteiger partial charge in [0, 0.05) is 30.9 Å². The average molecular weight is 420 g/mol. The van der Waals surface area contributed by atoms with Gasteiger partial charge in [-0.05, 0) is 36.8 Å². The van der Waals surface area contributed by atoms with E-state index in [4.69, 9.17) is 0 Å². The van der Waals surface area contributed by atoms with Crippen molar-refractivity contribution in [1.82, 2.24) is 4.31 Å². The minimum absolute atomic E-state index is 0.0791. The number of benzene rings is 2. The van der Waals surface area contributed by atoms with E-state index in [1.165, 1.54) is 28.6 Å². The van der Waals surface area contributed by atoms with E-state index in [1.54, 1.807) is 39.0 Å². The Morgan fingerprint density at radius 1 is 1.10 bits per heavy atom. The lowest BCUT2D eigenvalue weighted by atomic mass is 10.2. The maximum atomic E-state index is 12.5. The van der Waals surface area contributed by atoms with Crippen LogP contribution in [0.2, 0.25) is 0 Å². The highest BCUT2D eigenvalue weighted by molar-refractivity contribution is 7.89. The van der Waals surface area contributed by atoms with Crippen molar-refractivity contribution in [3.8, 4) is 0 Å². The van der Waals surface area contributed by atoms with Crippen molar-refractivity contribution in [3.05, 3.63) is 58.1 Å². The van der Waals surface area contributed by atoms with Crippen LogP contribution in [0.4, 0.5) is 17.1 Å². The first-order chi connectivity index (χ1) is 13.7. The Morgan fingerprint density at radius 3 is 2.28 bits per heavy atom. The first kappa shape index (κ1) is 22.3. The molecule has 29 heavy (non-hydrogen) atoms. The van der Waals surface area contributed by atoms with Gasteiger partial charge in [0.05, 0.1) is 22.1 Å². The highest BCUT2D eigenvalue weighted by Gasteiger charge is 2.21. The third-order valence-corrected chi connectivity index (χ3v) is 6.42. The van der Waals surface area contributed by atoms with E-state index in [1.807, 2.05) is 0 Å². The van der Waals surface area contributed by atoms with Crippen LogP contribution in [0.15, 0.2) is 47.4 Å². The van der Waals surface area contributed by atoms with Gasteiger partial charge in [0.15, 0.2) is 0 Å². The van der Waals surface area contributed by atoms with Crippen molar-refractivity contribution in [1.29, 1.82) is 0 Å². The largest absolute Gasteiger partial charge is 0.376 e. The number of carbonyl (C=O) groups excluding carboxylic acids is 1. The summed E-state index contributed by atoms with van der Waals surface area (Å²) in [6, 6.07) is 10.4. The maximum absolute atomic E-state index is 12.5. The first-order valence-electron chi connectivity index (χ1n) is 9.08. The van der Waals surface area contributed by atoms with Crippen LogP contribution in [0.25, 0.3) is 0 Å². The number of hydrogen-bond donors (Lipinski definition) is 2. The summed E-state index contributed by atoms with van der Waals surface area (Å²) in [5.74, 6) is -0.381. The summed E-state index contributed by atoms with van der Waals surface area (Å²) in [7, 11) is -3.53. The molecule has 2 N–H and O–H groups in total. The Morgan fingerprint density at radius 2 is 1.72 bits per heavy atom. The number of nitro benzene ring substituents is 1. The number of non-ortho nitro benzene ring substituents is 1. The van der Waals surface area contributed by atoms with Gasteiger partial charge in [0.1, 0.15) is 0 Å². The van der Waals surface area contributed by atoms with Crippen LogP contribution in [0.1, 0.15) is 19.4 Å². The standard InChI is InChI=1S/C19H24N4O5S/c1-4-22(5-2)29(27,28)17-10-7-15(8-11-17)20-13-19(24)21-18-12-16(23(25)26)9-6-14(18)3/h6-12,20H,4-5,13H2,1-3H3,(H,21,24). The van der Waals surface area contributed by atoms with Gasteiger partial charge >= 0.3 is 0 Å². The molecule has 0 aliphatic rings. The molecule has 0 atom stereocenters. The molecule has 0 saturated heterocycles. The topological polar surface area (TPSA) is 122 Å². The minimum Gasteiger partial charge on any atom is -0.376 e. The molecule has 0 fully saturated rings. The molecule has 0 heterocycles. The van der Waals surface area contributed by atoms with Crippen LogP contribution in [0, 0.1) is 17.0 Å². The molecule has 0 bridgehead atoms. The van der Waals surface area contributed by atoms with Crippen LogP contribution in [0.3, 0.4) is 0 Å². The smallest absolute Gasteiger partial charge is 0.271 e. The first-order valence-corrected chi connectivity index (χ1v) is 10.5. The van der Waals surface area contributed by atoms with Gasteiger partial charge in [-0.25, -0.2) is 8.42 Å². The summed E-state index contributed by atoms with van der Waals surface area (Å²) in [4.78, 5) is 22.7. The van der Waals surface area contributed by atoms with Gasteiger partial charge in [-0.3, -0.25) is 14.9 Å². The highest BCUT2D eigenvalue weighted by atomic mass is 32.2. The average Bonchev–Trinajstić information content (AvgIpc) is 2.69. The Bertz CT molecular complexity index is 986. The number of hydrogen-bond acceptors (Lipinski definition) is 6. The molecule has 10 heteroatoms. The number of amides is 1. The van der Waals surface area contributed by atoms with Crippen molar-refractivity contribution in [2.24, 2.45) is 0 Å². The van der Waals surface area contributed by atoms with E-state index < -0.39 is 14.9 Å². The van der Waals surface area contributed by atoms with Gasteiger partial charge < -0.3 is 10.6 Å². The lowest BCUT2D eigenvalue weighted by Gasteiger charge is -2.18. The van der Waals surface area contributed by atoms with E-state index >= 15 is 0 Å². The fourth-order valence-electron chi connectivity index (χ4n) is 2.69. The van der Waals surface area contributed by atoms with Gasteiger partial charge in [-0.1, -0.05) is 19.9 Å². The fourth-order valence-corrected chi connectivity index (χ4v) is 4.15. The Balaban J connectivity index is 2.01. The fraction of sp³-hybridized carbons (Fsp3) is 0.316. The van der Waals surface area contributed by atoms with E-state index in [2.05, 4.69) is 10.6 Å². The third kappa shape index (κ3) is 5.52. The number of nitrogens with zero attached hydrogens (tertiary/aromatic N) is 2. The predicted molar refractivity (Wildman–Crippen MR) is 112 cm³/mol. The Labute approximate surface area is 169 Å². The molecular formula is C19H24N4O5S. The van der Waals surface area contributed by atoms with Crippen molar-refractivity contribution < 1.29 is 18.1 Å². The second kappa shape index (κ2) is 9.48. The van der Waals surface area contributed by atoms with Crippen molar-refractivity contribution in [2.45, 2.75) is 25.7 Å². The summed E-state index contributed by atoms with van der Waals surface area (Å²) >= 11 is 0. The second-order valence-electron chi connectivity index (χ2n) is 6.27. The quantitative estimate of drug-likeness (QED) is 0.475. The molecule has 2 aromatic carbocycles. The number of aryl methyl sites for hydroxylation is 1. The molecular weight excluding hydrogens is 396 g/mol. The minimum atomic E-state index is -3.53. The van der Waals surface area contributed by atoms with Gasteiger partial charge in [0.2, 0.25) is 15.9 Å². The van der Waals surface area contributed by atoms with Crippen LogP contribution < -0.4 is 10.6 Å². The number of sulfonamides is 1. The van der Waals surface area contributed by atoms with Crippen molar-refractivity contribution in [2.75, 3.05) is 30.3 Å². The summed E-state index contributed by atoms with van der Waals surface area (Å²) < 4.78 is 26.3. The molecule has 0 unspecified atom stereocenters. The molecule has 0 spiro atoms. The van der Waals surface area contributed by atoms with E-state index in [0.717, 1.165) is 0 Å². The maximum Gasteiger partial charge on any atom is 0.271 e. The van der Waals surface area contributed by atoms with Crippen LogP contribution in [-0.2, 0) is 14.8 Å². The Kier molecular flexibility index (Phi) is 7.29. The number of anilines is 2. The monoisotopic (exact) mass is 420 g/mol. The van der Waals surface area contributed by atoms with E-state index in [-0.39, 0.29) is 23.0 Å². The van der Waals surface area contributed by atoms with Crippen LogP contribution >= 0.6 is 0 Å². The van der Waals surface area contributed by atoms with Gasteiger partial charge in [-0.2, -0.15) is 4.31 Å². The molecule has 0 aliphatic heterocycles. The summed E-state index contributed by atoms with van der Waals surface area (Å²) in [5.41, 5.74) is 1.54. The third-order valence-electron chi connectivity index (χ3n) is 4.36. The molecule has 0 aliphatic carbocycles. The van der Waals surface area contributed by atoms with Gasteiger partial charge in [0.25, 0.3) is 5.69 Å². The van der Waals surface area contributed by atoms with E-state index in [0.29, 0.717) is 30.0 Å². The predicted octanol–water partition coefficient (Wildman–Crippen LogP) is 2.98. The van der Waals surface area contributed by atoms with Crippen LogP contribution in [0.5, 0.6) is 0 Å². The lowest BCUT2D eigenvalue weighted by Crippen LogP contribution is -2.30. The molecule has 0 aromatic heterocycles. The normalized spacial score (nSPS) is 11.3. The van der Waals surface area contributed by atoms with Crippen LogP contribution in [-0.4, -0.2) is 43.2 Å². The summed E-state index contributed by atoms with van der Waals surface area (Å²) in [6.07, 6.45) is 0. The number of rotatable bonds is 9. The van der Waals surface area contributed by atoms with E-state index in [9.17, 15) is 23.3 Å². The molecule has 0 radical (unpaired) electrons. The lowest BCUT2D eigenvalue weighted by molar-refractivity contribution is -0.384. The van der Waals surface area contributed by atoms with Gasteiger partial charge in [-0.15, -0.1) is 0 Å². The SMILES string of the molecule is CCN(CC)S(=O)(=O)c1ccc(NCC(=O)Nc2cc([N+](=O)[O-])ccc2C)cc1.